The van der Waals surface area contributed by atoms with Crippen molar-refractivity contribution in [3.8, 4) is 0 Å². The minimum Gasteiger partial charge on any atom is -0.368 e. The number of rotatable bonds is 2. The third-order valence-corrected chi connectivity index (χ3v) is 1.18. The van der Waals surface area contributed by atoms with Crippen molar-refractivity contribution < 1.29 is 4.79 Å². The minimum atomic E-state index is -0.390. The number of hydrogen-bond donors (Lipinski definition) is 1. The molecule has 4 heteroatoms. The van der Waals surface area contributed by atoms with Crippen LogP contribution in [-0.2, 0) is 4.79 Å². The largest absolute Gasteiger partial charge is 0.368 e. The lowest BCUT2D eigenvalue weighted by atomic mass is 10.2. The van der Waals surface area contributed by atoms with E-state index < -0.39 is 6.04 Å². The lowest BCUT2D eigenvalue weighted by molar-refractivity contribution is -0.117. The van der Waals surface area contributed by atoms with Crippen LogP contribution in [-0.4, -0.2) is 24.0 Å². The zero-order valence-electron chi connectivity index (χ0n) is 7.03. The monoisotopic (exact) mass is 155 g/mol. The Labute approximate surface area is 66.2 Å². The molecule has 0 bridgehead atoms. The summed E-state index contributed by atoms with van der Waals surface area (Å²) in [5, 5.41) is 0. The molecule has 1 unspecified atom stereocenters. The second kappa shape index (κ2) is 4.60. The van der Waals surface area contributed by atoms with Gasteiger partial charge in [-0.1, -0.05) is 0 Å². The summed E-state index contributed by atoms with van der Waals surface area (Å²) >= 11 is 0. The number of hydrogen-bond acceptors (Lipinski definition) is 2. The molecule has 0 aliphatic rings. The van der Waals surface area contributed by atoms with Crippen molar-refractivity contribution in [2.75, 3.05) is 0 Å². The number of nitrogens with two attached hydrogens (primary N) is 1. The molecule has 0 aliphatic heterocycles. The normalized spacial score (nSPS) is 15.4. The second-order valence-electron chi connectivity index (χ2n) is 2.16. The van der Waals surface area contributed by atoms with Crippen molar-refractivity contribution >= 4 is 18.0 Å². The first-order chi connectivity index (χ1) is 5.07. The molecule has 11 heavy (non-hydrogen) atoms. The van der Waals surface area contributed by atoms with Crippen LogP contribution in [0.4, 0.5) is 0 Å². The fraction of sp³-hybridized carbons (Fsp3) is 0.571. The van der Waals surface area contributed by atoms with Crippen molar-refractivity contribution in [2.45, 2.75) is 26.8 Å². The van der Waals surface area contributed by atoms with E-state index >= 15 is 0 Å². The molecule has 0 aromatic rings. The lowest BCUT2D eigenvalue weighted by Crippen LogP contribution is -2.17. The number of carbonyl (C=O) groups excluding carboxylic acids is 1. The predicted molar refractivity (Wildman–Crippen MR) is 45.9 cm³/mol. The molecule has 0 radical (unpaired) electrons. The average molecular weight is 155 g/mol. The summed E-state index contributed by atoms with van der Waals surface area (Å²) in [5.41, 5.74) is 5.32. The van der Waals surface area contributed by atoms with Crippen molar-refractivity contribution in [2.24, 2.45) is 15.7 Å². The Hall–Kier alpha value is -1.19. The van der Waals surface area contributed by atoms with Gasteiger partial charge in [0.15, 0.2) is 5.78 Å². The Morgan fingerprint density at radius 2 is 2.18 bits per heavy atom. The molecule has 0 heterocycles. The van der Waals surface area contributed by atoms with Crippen LogP contribution in [0.1, 0.15) is 20.8 Å². The van der Waals surface area contributed by atoms with E-state index in [2.05, 4.69) is 9.98 Å². The summed E-state index contributed by atoms with van der Waals surface area (Å²) in [6.45, 7) is 4.89. The third-order valence-electron chi connectivity index (χ3n) is 1.18. The van der Waals surface area contributed by atoms with Crippen LogP contribution in [0.5, 0.6) is 0 Å². The van der Waals surface area contributed by atoms with Crippen LogP contribution in [0.15, 0.2) is 9.98 Å². The van der Waals surface area contributed by atoms with E-state index in [0.717, 1.165) is 0 Å². The highest BCUT2D eigenvalue weighted by molar-refractivity contribution is 5.89. The van der Waals surface area contributed by atoms with Gasteiger partial charge in [-0.15, -0.1) is 0 Å². The highest BCUT2D eigenvalue weighted by Crippen LogP contribution is 1.90. The summed E-state index contributed by atoms with van der Waals surface area (Å²) < 4.78 is 0. The summed E-state index contributed by atoms with van der Waals surface area (Å²) in [4.78, 5) is 18.2. The van der Waals surface area contributed by atoms with E-state index in [-0.39, 0.29) is 11.7 Å². The summed E-state index contributed by atoms with van der Waals surface area (Å²) in [5.74, 6) is 0.134. The van der Waals surface area contributed by atoms with Gasteiger partial charge in [0.25, 0.3) is 0 Å². The number of guanidine groups is 1. The van der Waals surface area contributed by atoms with Crippen LogP contribution in [0.2, 0.25) is 0 Å². The average Bonchev–Trinajstić information content (AvgIpc) is 1.87. The smallest absolute Gasteiger partial charge is 0.215 e. The van der Waals surface area contributed by atoms with Crippen LogP contribution in [0.3, 0.4) is 0 Å². The zero-order valence-corrected chi connectivity index (χ0v) is 7.03. The molecule has 4 nitrogen and oxygen atoms in total. The van der Waals surface area contributed by atoms with E-state index in [1.54, 1.807) is 13.8 Å². The Morgan fingerprint density at radius 1 is 1.64 bits per heavy atom. The van der Waals surface area contributed by atoms with Gasteiger partial charge in [-0.25, -0.2) is 9.98 Å². The number of ketones is 1. The molecule has 62 valence electrons. The SMILES string of the molecule is CC=NC(N)=NC(C)C(C)=O. The molecule has 0 aliphatic carbocycles. The maximum absolute atomic E-state index is 10.7. The minimum absolute atomic E-state index is 0.0146. The molecule has 0 amide bonds. The number of nitrogens with zero attached hydrogens (tertiary/aromatic N) is 2. The molecule has 0 spiro atoms. The Balaban J connectivity index is 4.18. The zero-order chi connectivity index (χ0) is 8.85. The Bertz CT molecular complexity index is 196. The number of Topliss-reactive ketones (excluding diaryl/α,β-unsaturated/α-hetero) is 1. The topological polar surface area (TPSA) is 67.8 Å². The van der Waals surface area contributed by atoms with Crippen LogP contribution >= 0.6 is 0 Å². The summed E-state index contributed by atoms with van der Waals surface area (Å²) in [7, 11) is 0. The van der Waals surface area contributed by atoms with Crippen LogP contribution in [0, 0.1) is 0 Å². The van der Waals surface area contributed by atoms with Gasteiger partial charge in [0.05, 0.1) is 0 Å². The summed E-state index contributed by atoms with van der Waals surface area (Å²) in [6.07, 6.45) is 1.53. The Morgan fingerprint density at radius 3 is 2.55 bits per heavy atom. The maximum atomic E-state index is 10.7. The van der Waals surface area contributed by atoms with E-state index in [1.807, 2.05) is 0 Å². The van der Waals surface area contributed by atoms with Gasteiger partial charge in [-0.05, 0) is 20.8 Å². The molecule has 0 rings (SSSR count). The van der Waals surface area contributed by atoms with Gasteiger partial charge < -0.3 is 5.73 Å². The van der Waals surface area contributed by atoms with Crippen molar-refractivity contribution in [3.63, 3.8) is 0 Å². The van der Waals surface area contributed by atoms with Gasteiger partial charge in [-0.3, -0.25) is 4.79 Å². The number of aliphatic imine (C=N–C) groups is 2. The van der Waals surface area contributed by atoms with E-state index in [0.29, 0.717) is 0 Å². The van der Waals surface area contributed by atoms with Crippen molar-refractivity contribution in [1.82, 2.24) is 0 Å². The molecular weight excluding hydrogens is 142 g/mol. The first-order valence-corrected chi connectivity index (χ1v) is 3.40. The lowest BCUT2D eigenvalue weighted by Gasteiger charge is -1.99. The van der Waals surface area contributed by atoms with Crippen LogP contribution < -0.4 is 5.73 Å². The van der Waals surface area contributed by atoms with E-state index in [4.69, 9.17) is 5.73 Å². The first-order valence-electron chi connectivity index (χ1n) is 3.40. The molecule has 0 aromatic carbocycles. The first kappa shape index (κ1) is 9.81. The van der Waals surface area contributed by atoms with Gasteiger partial charge >= 0.3 is 0 Å². The fourth-order valence-corrected chi connectivity index (χ4v) is 0.455. The van der Waals surface area contributed by atoms with E-state index in [1.165, 1.54) is 13.1 Å². The van der Waals surface area contributed by atoms with Crippen LogP contribution in [0.25, 0.3) is 0 Å². The van der Waals surface area contributed by atoms with Gasteiger partial charge in [0, 0.05) is 6.21 Å². The highest BCUT2D eigenvalue weighted by atomic mass is 16.1. The molecule has 0 aromatic heterocycles. The molecule has 0 saturated carbocycles. The van der Waals surface area contributed by atoms with E-state index in [9.17, 15) is 4.79 Å². The van der Waals surface area contributed by atoms with Gasteiger partial charge in [-0.2, -0.15) is 0 Å². The third kappa shape index (κ3) is 4.25. The second-order valence-corrected chi connectivity index (χ2v) is 2.16. The molecule has 1 atom stereocenters. The quantitative estimate of drug-likeness (QED) is 0.462. The van der Waals surface area contributed by atoms with Gasteiger partial charge in [0.2, 0.25) is 5.96 Å². The standard InChI is InChI=1S/C7H13N3O/c1-4-9-7(8)10-5(2)6(3)11/h4-5H,1-3H3,(H2,8,10). The predicted octanol–water partition coefficient (Wildman–Crippen LogP) is 0.369. The molecule has 0 saturated heterocycles. The molecule has 2 N–H and O–H groups in total. The van der Waals surface area contributed by atoms with Crippen molar-refractivity contribution in [1.29, 1.82) is 0 Å². The highest BCUT2D eigenvalue weighted by Gasteiger charge is 2.04. The maximum Gasteiger partial charge on any atom is 0.215 e. The fourth-order valence-electron chi connectivity index (χ4n) is 0.455. The summed E-state index contributed by atoms with van der Waals surface area (Å²) in [6, 6.07) is -0.390. The number of carbonyl (C=O) groups is 1. The van der Waals surface area contributed by atoms with Gasteiger partial charge in [0.1, 0.15) is 6.04 Å². The van der Waals surface area contributed by atoms with Crippen molar-refractivity contribution in [3.05, 3.63) is 0 Å². The molecular formula is C7H13N3O. The molecule has 0 fully saturated rings. The Kier molecular flexibility index (Phi) is 4.10.